The Hall–Kier alpha value is -0.261. The van der Waals surface area contributed by atoms with Crippen molar-refractivity contribution in [3.8, 4) is 0 Å². The number of carbonyl (C=O) groups excluding carboxylic acids is 2. The Kier molecular flexibility index (Phi) is 73.2. The van der Waals surface area contributed by atoms with Gasteiger partial charge in [-0.15, -0.1) is 0 Å². The van der Waals surface area contributed by atoms with Gasteiger partial charge >= 0.3 is 23.9 Å². The molecule has 0 unspecified atom stereocenters. The van der Waals surface area contributed by atoms with E-state index in [1.54, 1.807) is 0 Å². The molecule has 0 aromatic rings. The smallest absolute Gasteiger partial charge is 0.550 e. The van der Waals surface area contributed by atoms with Crippen molar-refractivity contribution in [3.05, 3.63) is 6.92 Å². The van der Waals surface area contributed by atoms with Gasteiger partial charge in [0.1, 0.15) is 0 Å². The molecule has 0 aliphatic rings. The van der Waals surface area contributed by atoms with Crippen molar-refractivity contribution in [1.82, 2.24) is 0 Å². The number of aliphatic carboxylic acids is 2. The molecule has 0 rings (SSSR count). The summed E-state index contributed by atoms with van der Waals surface area (Å²) in [6, 6.07) is 0. The molecule has 5 heteroatoms. The van der Waals surface area contributed by atoms with E-state index < -0.39 is 11.9 Å². The number of hydrogen-bond acceptors (Lipinski definition) is 4. The Morgan fingerprint density at radius 2 is 0.410 bits per heavy atom. The van der Waals surface area contributed by atoms with Crippen molar-refractivity contribution in [2.75, 3.05) is 0 Å². The minimum absolute atomic E-state index is 0. The third-order valence-corrected chi connectivity index (χ3v) is 12.3. The first-order valence-corrected chi connectivity index (χ1v) is 27.6. The predicted octanol–water partition coefficient (Wildman–Crippen LogP) is 17.7. The molecule has 0 bridgehead atoms. The molecular formula is C56H113O4Sn. The Labute approximate surface area is 403 Å². The van der Waals surface area contributed by atoms with Gasteiger partial charge in [-0.25, -0.2) is 0 Å². The number of carboxylic acid groups (broad SMARTS) is 2. The van der Waals surface area contributed by atoms with Crippen LogP contribution in [0.1, 0.15) is 343 Å². The molecule has 4 nitrogen and oxygen atoms in total. The van der Waals surface area contributed by atoms with Gasteiger partial charge in [-0.1, -0.05) is 323 Å². The van der Waals surface area contributed by atoms with Gasteiger partial charge in [-0.05, 0) is 25.7 Å². The normalized spacial score (nSPS) is 10.8. The number of hydrogen-bond donors (Lipinski definition) is 0. The summed E-state index contributed by atoms with van der Waals surface area (Å²) in [6.07, 6.45) is 65.4. The van der Waals surface area contributed by atoms with Gasteiger partial charge in [-0.2, -0.15) is 0 Å². The molecule has 0 saturated heterocycles. The summed E-state index contributed by atoms with van der Waals surface area (Å²) in [5.74, 6) is -1.80. The standard InChI is InChI=1S/2C24H48O2.C8H17.Sn.H2/c2*1-2-3-4-5-6-7-8-9-10-11-12-13-14-15-16-17-18-19-20-21-22-23-24(25)26;1-3-5-7-8-6-4-2;;/h2*2-23H2,1H3,(H,25,26);1,3-8H2,2H3;;1H/q;;;+2;/p-2. The molecule has 0 spiro atoms. The second kappa shape index (κ2) is 66.3. The zero-order valence-electron chi connectivity index (χ0n) is 42.2. The quantitative estimate of drug-likeness (QED) is 0.0449. The topological polar surface area (TPSA) is 80.3 Å². The molecule has 365 valence electrons. The molecule has 0 aromatic carbocycles. The summed E-state index contributed by atoms with van der Waals surface area (Å²) in [5, 5.41) is 20.6. The average Bonchev–Trinajstić information content (AvgIpc) is 3.24. The van der Waals surface area contributed by atoms with Crippen LogP contribution in [0, 0.1) is 6.92 Å². The number of rotatable bonds is 49. The van der Waals surface area contributed by atoms with Crippen LogP contribution in [0.15, 0.2) is 0 Å². The second-order valence-electron chi connectivity index (χ2n) is 18.7. The Morgan fingerprint density at radius 1 is 0.279 bits per heavy atom. The van der Waals surface area contributed by atoms with Crippen LogP contribution in [0.2, 0.25) is 0 Å². The summed E-state index contributed by atoms with van der Waals surface area (Å²) in [5.41, 5.74) is 0. The van der Waals surface area contributed by atoms with E-state index in [-0.39, 0.29) is 38.2 Å². The van der Waals surface area contributed by atoms with Crippen molar-refractivity contribution < 1.29 is 21.2 Å². The molecule has 0 heterocycles. The Morgan fingerprint density at radius 3 is 0.541 bits per heavy atom. The summed E-state index contributed by atoms with van der Waals surface area (Å²) in [4.78, 5) is 20.6. The van der Waals surface area contributed by atoms with Gasteiger partial charge < -0.3 is 19.8 Å². The molecular weight excluding hydrogens is 855 g/mol. The summed E-state index contributed by atoms with van der Waals surface area (Å²) in [6.45, 7) is 10.6. The van der Waals surface area contributed by atoms with Gasteiger partial charge in [0.25, 0.3) is 0 Å². The molecule has 0 aliphatic heterocycles. The number of carbonyl (C=O) groups is 2. The van der Waals surface area contributed by atoms with E-state index in [1.807, 2.05) is 0 Å². The monoisotopic (exact) mass is 970 g/mol. The summed E-state index contributed by atoms with van der Waals surface area (Å²) < 4.78 is 0. The Balaban J connectivity index is -0.000000289. The van der Waals surface area contributed by atoms with Crippen LogP contribution in [0.3, 0.4) is 0 Å². The zero-order chi connectivity index (χ0) is 44.5. The molecule has 0 aromatic heterocycles. The summed E-state index contributed by atoms with van der Waals surface area (Å²) >= 11 is 0. The van der Waals surface area contributed by atoms with Crippen LogP contribution in [0.25, 0.3) is 0 Å². The number of carboxylic acids is 2. The van der Waals surface area contributed by atoms with E-state index in [1.165, 1.54) is 276 Å². The van der Waals surface area contributed by atoms with Gasteiger partial charge in [-0.3, -0.25) is 0 Å². The minimum Gasteiger partial charge on any atom is -0.550 e. The largest absolute Gasteiger partial charge is 2.00 e. The van der Waals surface area contributed by atoms with Gasteiger partial charge in [0.05, 0.1) is 0 Å². The van der Waals surface area contributed by atoms with Crippen molar-refractivity contribution in [1.29, 1.82) is 0 Å². The molecule has 0 aliphatic carbocycles. The predicted molar refractivity (Wildman–Crippen MR) is 271 cm³/mol. The van der Waals surface area contributed by atoms with Gasteiger partial charge in [0.2, 0.25) is 0 Å². The maximum atomic E-state index is 10.3. The van der Waals surface area contributed by atoms with Crippen LogP contribution in [0.5, 0.6) is 0 Å². The van der Waals surface area contributed by atoms with Crippen LogP contribution >= 0.6 is 0 Å². The van der Waals surface area contributed by atoms with Gasteiger partial charge in [0, 0.05) is 13.4 Å². The van der Waals surface area contributed by atoms with E-state index in [0.29, 0.717) is 0 Å². The molecule has 0 N–H and O–H groups in total. The molecule has 0 saturated carbocycles. The van der Waals surface area contributed by atoms with E-state index in [4.69, 9.17) is 0 Å². The first-order chi connectivity index (χ1) is 29.5. The SMILES string of the molecule is CCCCCCCCCCCCCCCCCCCCCCCC(=O)[O-].CCCCCCCCCCCCCCCCCCCCCCCC(=O)[O-].[CH2]CCCCCCC.[HH].[Sn+2]. The summed E-state index contributed by atoms with van der Waals surface area (Å²) in [7, 11) is 0. The van der Waals surface area contributed by atoms with E-state index in [2.05, 4.69) is 27.7 Å². The fraction of sp³-hybridized carbons (Fsp3) is 0.946. The van der Waals surface area contributed by atoms with Crippen molar-refractivity contribution in [2.24, 2.45) is 0 Å². The van der Waals surface area contributed by atoms with E-state index in [9.17, 15) is 19.8 Å². The van der Waals surface area contributed by atoms with Crippen LogP contribution in [0.4, 0.5) is 0 Å². The van der Waals surface area contributed by atoms with Crippen molar-refractivity contribution >= 4 is 35.8 Å². The van der Waals surface area contributed by atoms with E-state index in [0.717, 1.165) is 32.1 Å². The first kappa shape index (κ1) is 67.3. The first-order valence-electron chi connectivity index (χ1n) is 27.6. The number of unbranched alkanes of at least 4 members (excludes halogenated alkanes) is 45. The average molecular weight is 969 g/mol. The molecule has 61 heavy (non-hydrogen) atoms. The molecule has 0 atom stereocenters. The van der Waals surface area contributed by atoms with Crippen LogP contribution in [-0.2, 0) is 9.59 Å². The van der Waals surface area contributed by atoms with E-state index >= 15 is 0 Å². The zero-order valence-corrected chi connectivity index (χ0v) is 45.0. The van der Waals surface area contributed by atoms with Crippen LogP contribution < -0.4 is 10.2 Å². The minimum atomic E-state index is -0.900. The molecule has 0 fully saturated rings. The third-order valence-electron chi connectivity index (χ3n) is 12.3. The second-order valence-corrected chi connectivity index (χ2v) is 18.7. The maximum Gasteiger partial charge on any atom is 2.00 e. The van der Waals surface area contributed by atoms with Crippen LogP contribution in [-0.4, -0.2) is 35.8 Å². The van der Waals surface area contributed by atoms with Crippen molar-refractivity contribution in [3.63, 3.8) is 0 Å². The Bertz CT molecular complexity index is 704. The van der Waals surface area contributed by atoms with Gasteiger partial charge in [0.15, 0.2) is 0 Å². The van der Waals surface area contributed by atoms with Crippen molar-refractivity contribution in [2.45, 2.75) is 342 Å². The third kappa shape index (κ3) is 77.4. The fourth-order valence-electron chi connectivity index (χ4n) is 8.18. The molecule has 3 radical (unpaired) electrons. The maximum absolute atomic E-state index is 10.3. The fourth-order valence-corrected chi connectivity index (χ4v) is 8.18. The molecule has 0 amide bonds.